The van der Waals surface area contributed by atoms with Gasteiger partial charge in [-0.2, -0.15) is 0 Å². The quantitative estimate of drug-likeness (QED) is 0.848. The van der Waals surface area contributed by atoms with Crippen molar-refractivity contribution in [2.75, 3.05) is 18.9 Å². The first-order chi connectivity index (χ1) is 12.0. The number of rotatable bonds is 6. The second-order valence-electron chi connectivity index (χ2n) is 6.29. The number of benzene rings is 1. The zero-order valence-electron chi connectivity index (χ0n) is 14.8. The lowest BCUT2D eigenvalue weighted by atomic mass is 10.1. The van der Waals surface area contributed by atoms with Gasteiger partial charge >= 0.3 is 6.03 Å². The number of carbonyl (C=O) groups is 2. The minimum absolute atomic E-state index is 0.112. The molecule has 0 aliphatic carbocycles. The van der Waals surface area contributed by atoms with Crippen LogP contribution >= 0.6 is 0 Å². The van der Waals surface area contributed by atoms with E-state index in [0.29, 0.717) is 30.3 Å². The Hall–Kier alpha value is -2.89. The molecule has 0 spiro atoms. The smallest absolute Gasteiger partial charge is 0.321 e. The van der Waals surface area contributed by atoms with Crippen molar-refractivity contribution in [2.24, 2.45) is 5.92 Å². The number of aromatic nitrogens is 1. The highest BCUT2D eigenvalue weighted by Gasteiger charge is 2.11. The summed E-state index contributed by atoms with van der Waals surface area (Å²) in [6, 6.07) is 12.2. The first-order valence-electron chi connectivity index (χ1n) is 8.26. The summed E-state index contributed by atoms with van der Waals surface area (Å²) < 4.78 is 0. The molecule has 1 aromatic carbocycles. The van der Waals surface area contributed by atoms with Gasteiger partial charge in [0.25, 0.3) is 5.91 Å². The number of amides is 3. The van der Waals surface area contributed by atoms with Crippen LogP contribution in [0.2, 0.25) is 0 Å². The maximum Gasteiger partial charge on any atom is 0.321 e. The molecular formula is C19H24N4O2. The van der Waals surface area contributed by atoms with Crippen LogP contribution in [-0.2, 0) is 6.54 Å². The number of pyridine rings is 1. The van der Waals surface area contributed by atoms with Gasteiger partial charge in [-0.1, -0.05) is 19.9 Å². The summed E-state index contributed by atoms with van der Waals surface area (Å²) in [4.78, 5) is 30.0. The van der Waals surface area contributed by atoms with E-state index in [9.17, 15) is 9.59 Å². The van der Waals surface area contributed by atoms with Crippen molar-refractivity contribution in [2.45, 2.75) is 20.4 Å². The summed E-state index contributed by atoms with van der Waals surface area (Å²) >= 11 is 0. The highest BCUT2D eigenvalue weighted by molar-refractivity contribution is 5.95. The van der Waals surface area contributed by atoms with E-state index < -0.39 is 0 Å². The molecule has 2 N–H and O–H groups in total. The summed E-state index contributed by atoms with van der Waals surface area (Å²) in [6.45, 7) is 5.14. The van der Waals surface area contributed by atoms with Crippen molar-refractivity contribution in [3.8, 4) is 0 Å². The molecule has 132 valence electrons. The number of carbonyl (C=O) groups excluding carboxylic acids is 2. The maximum atomic E-state index is 12.2. The van der Waals surface area contributed by atoms with Gasteiger partial charge in [-0.25, -0.2) is 4.79 Å². The Balaban J connectivity index is 1.89. The molecule has 3 amide bonds. The second kappa shape index (κ2) is 8.82. The van der Waals surface area contributed by atoms with Crippen molar-refractivity contribution < 1.29 is 9.59 Å². The molecule has 0 saturated heterocycles. The number of nitrogens with zero attached hydrogens (tertiary/aromatic N) is 2. The van der Waals surface area contributed by atoms with Crippen LogP contribution in [0.1, 0.15) is 29.9 Å². The van der Waals surface area contributed by atoms with Crippen LogP contribution in [0.5, 0.6) is 0 Å². The van der Waals surface area contributed by atoms with E-state index in [-0.39, 0.29) is 11.9 Å². The molecule has 1 heterocycles. The predicted octanol–water partition coefficient (Wildman–Crippen LogP) is 3.13. The minimum atomic E-state index is -0.234. The SMILES string of the molecule is CC(C)CNC(=O)c1ccc(NC(=O)N(C)Cc2ccccn2)cc1. The normalized spacial score (nSPS) is 10.4. The summed E-state index contributed by atoms with van der Waals surface area (Å²) in [6.07, 6.45) is 1.70. The fourth-order valence-corrected chi connectivity index (χ4v) is 2.13. The molecule has 0 fully saturated rings. The number of hydrogen-bond acceptors (Lipinski definition) is 3. The monoisotopic (exact) mass is 340 g/mol. The fourth-order valence-electron chi connectivity index (χ4n) is 2.13. The van der Waals surface area contributed by atoms with Crippen LogP contribution < -0.4 is 10.6 Å². The summed E-state index contributed by atoms with van der Waals surface area (Å²) in [5.74, 6) is 0.288. The molecule has 25 heavy (non-hydrogen) atoms. The summed E-state index contributed by atoms with van der Waals surface area (Å²) in [5, 5.41) is 5.67. The highest BCUT2D eigenvalue weighted by Crippen LogP contribution is 2.11. The Kier molecular flexibility index (Phi) is 6.51. The molecule has 0 unspecified atom stereocenters. The van der Waals surface area contributed by atoms with E-state index in [4.69, 9.17) is 0 Å². The average Bonchev–Trinajstić information content (AvgIpc) is 2.61. The van der Waals surface area contributed by atoms with E-state index in [1.165, 1.54) is 0 Å². The number of hydrogen-bond donors (Lipinski definition) is 2. The van der Waals surface area contributed by atoms with Gasteiger partial charge in [-0.3, -0.25) is 9.78 Å². The molecule has 0 bridgehead atoms. The van der Waals surface area contributed by atoms with E-state index >= 15 is 0 Å². The van der Waals surface area contributed by atoms with Crippen LogP contribution in [0, 0.1) is 5.92 Å². The van der Waals surface area contributed by atoms with Gasteiger partial charge in [0.2, 0.25) is 0 Å². The Bertz CT molecular complexity index is 699. The molecule has 2 rings (SSSR count). The third kappa shape index (κ3) is 5.91. The first kappa shape index (κ1) is 18.4. The molecule has 0 aliphatic rings. The van der Waals surface area contributed by atoms with E-state index in [2.05, 4.69) is 15.6 Å². The molecule has 6 nitrogen and oxygen atoms in total. The molecule has 1 aromatic heterocycles. The third-order valence-electron chi connectivity index (χ3n) is 3.54. The van der Waals surface area contributed by atoms with Gasteiger partial charge in [-0.05, 0) is 42.3 Å². The van der Waals surface area contributed by atoms with Crippen molar-refractivity contribution >= 4 is 17.6 Å². The molecule has 0 aliphatic heterocycles. The van der Waals surface area contributed by atoms with Gasteiger partial charge in [-0.15, -0.1) is 0 Å². The van der Waals surface area contributed by atoms with Gasteiger partial charge in [0, 0.05) is 31.0 Å². The van der Waals surface area contributed by atoms with Crippen molar-refractivity contribution in [1.82, 2.24) is 15.2 Å². The lowest BCUT2D eigenvalue weighted by Crippen LogP contribution is -2.31. The highest BCUT2D eigenvalue weighted by atomic mass is 16.2. The zero-order chi connectivity index (χ0) is 18.2. The van der Waals surface area contributed by atoms with E-state index in [0.717, 1.165) is 5.69 Å². The first-order valence-corrected chi connectivity index (χ1v) is 8.26. The molecule has 2 aromatic rings. The Labute approximate surface area is 148 Å². The van der Waals surface area contributed by atoms with Crippen LogP contribution in [0.4, 0.5) is 10.5 Å². The molecular weight excluding hydrogens is 316 g/mol. The number of anilines is 1. The Morgan fingerprint density at radius 2 is 1.84 bits per heavy atom. The summed E-state index contributed by atoms with van der Waals surface area (Å²) in [5.41, 5.74) is 2.02. The van der Waals surface area contributed by atoms with Crippen molar-refractivity contribution in [3.05, 3.63) is 59.9 Å². The number of nitrogens with one attached hydrogen (secondary N) is 2. The minimum Gasteiger partial charge on any atom is -0.352 e. The van der Waals surface area contributed by atoms with Crippen LogP contribution in [-0.4, -0.2) is 35.4 Å². The summed E-state index contributed by atoms with van der Waals surface area (Å²) in [7, 11) is 1.71. The molecule has 0 radical (unpaired) electrons. The zero-order valence-corrected chi connectivity index (χ0v) is 14.8. The molecule has 0 saturated carbocycles. The van der Waals surface area contributed by atoms with E-state index in [1.54, 1.807) is 42.4 Å². The Morgan fingerprint density at radius 3 is 2.44 bits per heavy atom. The lowest BCUT2D eigenvalue weighted by molar-refractivity contribution is 0.0949. The second-order valence-corrected chi connectivity index (χ2v) is 6.29. The molecule has 0 atom stereocenters. The fraction of sp³-hybridized carbons (Fsp3) is 0.316. The largest absolute Gasteiger partial charge is 0.352 e. The standard InChI is InChI=1S/C19H24N4O2/c1-14(2)12-21-18(24)15-7-9-16(10-8-15)22-19(25)23(3)13-17-6-4-5-11-20-17/h4-11,14H,12-13H2,1-3H3,(H,21,24)(H,22,25). The average molecular weight is 340 g/mol. The predicted molar refractivity (Wildman–Crippen MR) is 98.3 cm³/mol. The Morgan fingerprint density at radius 1 is 1.12 bits per heavy atom. The lowest BCUT2D eigenvalue weighted by Gasteiger charge is -2.17. The third-order valence-corrected chi connectivity index (χ3v) is 3.54. The van der Waals surface area contributed by atoms with Crippen molar-refractivity contribution in [3.63, 3.8) is 0 Å². The van der Waals surface area contributed by atoms with E-state index in [1.807, 2.05) is 32.0 Å². The van der Waals surface area contributed by atoms with Crippen molar-refractivity contribution in [1.29, 1.82) is 0 Å². The van der Waals surface area contributed by atoms with Crippen LogP contribution in [0.3, 0.4) is 0 Å². The maximum absolute atomic E-state index is 12.2. The molecule has 6 heteroatoms. The van der Waals surface area contributed by atoms with Gasteiger partial charge in [0.1, 0.15) is 0 Å². The number of urea groups is 1. The van der Waals surface area contributed by atoms with Crippen LogP contribution in [0.15, 0.2) is 48.7 Å². The van der Waals surface area contributed by atoms with Gasteiger partial charge in [0.15, 0.2) is 0 Å². The topological polar surface area (TPSA) is 74.3 Å². The van der Waals surface area contributed by atoms with Gasteiger partial charge < -0.3 is 15.5 Å². The van der Waals surface area contributed by atoms with Gasteiger partial charge in [0.05, 0.1) is 12.2 Å². The van der Waals surface area contributed by atoms with Crippen LogP contribution in [0.25, 0.3) is 0 Å².